The van der Waals surface area contributed by atoms with Gasteiger partial charge < -0.3 is 9.64 Å². The van der Waals surface area contributed by atoms with E-state index in [1.165, 1.54) is 61.9 Å². The Hall–Kier alpha value is -1.03. The van der Waals surface area contributed by atoms with Crippen molar-refractivity contribution >= 4 is 22.3 Å². The van der Waals surface area contributed by atoms with Gasteiger partial charge in [0.2, 0.25) is 0 Å². The van der Waals surface area contributed by atoms with Gasteiger partial charge in [-0.3, -0.25) is 4.79 Å². The number of anilines is 1. The Bertz CT molecular complexity index is 553. The lowest BCUT2D eigenvalue weighted by Gasteiger charge is -2.31. The van der Waals surface area contributed by atoms with E-state index in [-0.39, 0.29) is 11.9 Å². The molecule has 0 fully saturated rings. The smallest absolute Gasteiger partial charge is 0.306 e. The number of thiophene rings is 1. The molecule has 0 aliphatic carbocycles. The summed E-state index contributed by atoms with van der Waals surface area (Å²) in [6, 6.07) is 2.34. The fraction of sp³-hybridized carbons (Fsp3) is 0.808. The summed E-state index contributed by atoms with van der Waals surface area (Å²) >= 11 is 1.85. The van der Waals surface area contributed by atoms with Gasteiger partial charge in [0.15, 0.2) is 0 Å². The number of carbonyl (C=O) groups excluding carboxylic acids is 1. The Morgan fingerprint density at radius 3 is 2.03 bits per heavy atom. The fourth-order valence-electron chi connectivity index (χ4n) is 4.06. The maximum Gasteiger partial charge on any atom is 0.306 e. The van der Waals surface area contributed by atoms with Crippen LogP contribution in [0.2, 0.25) is 0 Å². The van der Waals surface area contributed by atoms with Crippen LogP contribution in [0.4, 0.5) is 5.00 Å². The van der Waals surface area contributed by atoms with Crippen molar-refractivity contribution in [3.8, 4) is 0 Å². The van der Waals surface area contributed by atoms with Crippen molar-refractivity contribution in [1.82, 2.24) is 0 Å². The molecule has 1 aromatic heterocycles. The lowest BCUT2D eigenvalue weighted by Crippen LogP contribution is -2.33. The first-order chi connectivity index (χ1) is 14.5. The molecule has 0 aliphatic heterocycles. The van der Waals surface area contributed by atoms with E-state index in [1.807, 2.05) is 18.3 Å². The first-order valence-electron chi connectivity index (χ1n) is 12.5. The first kappa shape index (κ1) is 27.0. The van der Waals surface area contributed by atoms with Gasteiger partial charge in [-0.05, 0) is 54.5 Å². The van der Waals surface area contributed by atoms with Crippen LogP contribution in [-0.4, -0.2) is 25.7 Å². The molecule has 4 heteroatoms. The van der Waals surface area contributed by atoms with Crippen molar-refractivity contribution in [2.45, 2.75) is 105 Å². The third-order valence-electron chi connectivity index (χ3n) is 6.31. The highest BCUT2D eigenvalue weighted by atomic mass is 32.1. The molecule has 0 N–H and O–H groups in total. The summed E-state index contributed by atoms with van der Waals surface area (Å²) in [5.41, 5.74) is 1.27. The highest BCUT2D eigenvalue weighted by Crippen LogP contribution is 2.33. The predicted octanol–water partition coefficient (Wildman–Crippen LogP) is 8.04. The van der Waals surface area contributed by atoms with Crippen LogP contribution >= 0.6 is 11.3 Å². The van der Waals surface area contributed by atoms with E-state index in [9.17, 15) is 4.79 Å². The minimum absolute atomic E-state index is 0.0918. The van der Waals surface area contributed by atoms with E-state index in [0.717, 1.165) is 24.9 Å². The number of hydrogen-bond donors (Lipinski definition) is 0. The van der Waals surface area contributed by atoms with Crippen molar-refractivity contribution in [2.75, 3.05) is 24.6 Å². The third-order valence-corrected chi connectivity index (χ3v) is 7.32. The second kappa shape index (κ2) is 15.7. The van der Waals surface area contributed by atoms with Crippen LogP contribution in [0, 0.1) is 11.8 Å². The van der Waals surface area contributed by atoms with Crippen molar-refractivity contribution in [2.24, 2.45) is 11.8 Å². The van der Waals surface area contributed by atoms with Crippen molar-refractivity contribution < 1.29 is 9.53 Å². The minimum atomic E-state index is -0.0918. The summed E-state index contributed by atoms with van der Waals surface area (Å²) in [6.07, 6.45) is 10.8. The number of unbranched alkanes of at least 4 members (excludes halogenated alkanes) is 2. The molecule has 0 radical (unpaired) electrons. The van der Waals surface area contributed by atoms with Gasteiger partial charge in [0.25, 0.3) is 0 Å². The normalized spacial score (nSPS) is 14.3. The molecule has 174 valence electrons. The summed E-state index contributed by atoms with van der Waals surface area (Å²) in [6.45, 7) is 16.0. The molecular formula is C26H47NO2S. The quantitative estimate of drug-likeness (QED) is 0.231. The molecule has 0 saturated carbocycles. The van der Waals surface area contributed by atoms with Gasteiger partial charge in [0.05, 0.1) is 18.0 Å². The predicted molar refractivity (Wildman–Crippen MR) is 133 cm³/mol. The van der Waals surface area contributed by atoms with Gasteiger partial charge in [-0.15, -0.1) is 11.3 Å². The molecule has 3 atom stereocenters. The molecule has 1 aromatic rings. The van der Waals surface area contributed by atoms with Gasteiger partial charge in [0.1, 0.15) is 0 Å². The maximum atomic E-state index is 11.9. The average Bonchev–Trinajstić information content (AvgIpc) is 3.23. The molecule has 0 aliphatic rings. The molecule has 0 bridgehead atoms. The SMILES string of the molecule is CCCCC(CC)CN(CC(CC)CCCC)c1cc(C(C)CC(=O)OCC)cs1. The van der Waals surface area contributed by atoms with Gasteiger partial charge in [-0.1, -0.05) is 73.1 Å². The number of rotatable bonds is 17. The largest absolute Gasteiger partial charge is 0.466 e. The zero-order valence-electron chi connectivity index (χ0n) is 20.5. The molecule has 3 unspecified atom stereocenters. The second-order valence-corrected chi connectivity index (χ2v) is 9.76. The van der Waals surface area contributed by atoms with E-state index in [0.29, 0.717) is 13.0 Å². The molecule has 1 rings (SSSR count). The summed E-state index contributed by atoms with van der Waals surface area (Å²) in [4.78, 5) is 14.6. The van der Waals surface area contributed by atoms with Crippen molar-refractivity contribution in [3.05, 3.63) is 17.0 Å². The van der Waals surface area contributed by atoms with Gasteiger partial charge in [-0.25, -0.2) is 0 Å². The number of esters is 1. The lowest BCUT2D eigenvalue weighted by atomic mass is 9.95. The molecule has 3 nitrogen and oxygen atoms in total. The van der Waals surface area contributed by atoms with Crippen LogP contribution in [0.1, 0.15) is 111 Å². The van der Waals surface area contributed by atoms with E-state index in [4.69, 9.17) is 4.74 Å². The highest BCUT2D eigenvalue weighted by Gasteiger charge is 2.20. The van der Waals surface area contributed by atoms with Crippen LogP contribution < -0.4 is 4.90 Å². The number of hydrogen-bond acceptors (Lipinski definition) is 4. The van der Waals surface area contributed by atoms with Crippen LogP contribution in [-0.2, 0) is 9.53 Å². The van der Waals surface area contributed by atoms with E-state index < -0.39 is 0 Å². The van der Waals surface area contributed by atoms with Crippen LogP contribution in [0.3, 0.4) is 0 Å². The Morgan fingerprint density at radius 2 is 1.57 bits per heavy atom. The standard InChI is InChI=1S/C26H47NO2S/c1-7-12-14-22(9-3)18-27(19-23(10-4)15-13-8-2)25-17-24(20-30-25)21(6)16-26(28)29-11-5/h17,20-23H,7-16,18-19H2,1-6H3. The van der Waals surface area contributed by atoms with Gasteiger partial charge in [-0.2, -0.15) is 0 Å². The second-order valence-electron chi connectivity index (χ2n) is 8.87. The third kappa shape index (κ3) is 9.85. The average molecular weight is 438 g/mol. The van der Waals surface area contributed by atoms with E-state index >= 15 is 0 Å². The summed E-state index contributed by atoms with van der Waals surface area (Å²) in [5, 5.41) is 3.64. The molecule has 0 spiro atoms. The van der Waals surface area contributed by atoms with Crippen LogP contribution in [0.15, 0.2) is 11.4 Å². The molecule has 0 amide bonds. The Balaban J connectivity index is 2.94. The van der Waals surface area contributed by atoms with Crippen molar-refractivity contribution in [1.29, 1.82) is 0 Å². The molecule has 0 aromatic carbocycles. The van der Waals surface area contributed by atoms with Crippen molar-refractivity contribution in [3.63, 3.8) is 0 Å². The summed E-state index contributed by atoms with van der Waals surface area (Å²) in [7, 11) is 0. The van der Waals surface area contributed by atoms with Crippen LogP contribution in [0.5, 0.6) is 0 Å². The molecule has 0 saturated heterocycles. The van der Waals surface area contributed by atoms with Crippen LogP contribution in [0.25, 0.3) is 0 Å². The maximum absolute atomic E-state index is 11.9. The zero-order valence-corrected chi connectivity index (χ0v) is 21.4. The molecule has 1 heterocycles. The fourth-order valence-corrected chi connectivity index (χ4v) is 5.12. The monoisotopic (exact) mass is 437 g/mol. The highest BCUT2D eigenvalue weighted by molar-refractivity contribution is 7.14. The van der Waals surface area contributed by atoms with E-state index in [2.05, 4.69) is 51.0 Å². The molecule has 30 heavy (non-hydrogen) atoms. The Kier molecular flexibility index (Phi) is 14.2. The van der Waals surface area contributed by atoms with Gasteiger partial charge in [0, 0.05) is 13.1 Å². The first-order valence-corrected chi connectivity index (χ1v) is 13.4. The summed E-state index contributed by atoms with van der Waals surface area (Å²) in [5.74, 6) is 1.64. The van der Waals surface area contributed by atoms with Gasteiger partial charge >= 0.3 is 5.97 Å². The van der Waals surface area contributed by atoms with E-state index in [1.54, 1.807) is 0 Å². The topological polar surface area (TPSA) is 29.5 Å². The summed E-state index contributed by atoms with van der Waals surface area (Å²) < 4.78 is 5.15. The number of carbonyl (C=O) groups is 1. The number of nitrogens with zero attached hydrogens (tertiary/aromatic N) is 1. The Morgan fingerprint density at radius 1 is 1.00 bits per heavy atom. The molecular weight excluding hydrogens is 390 g/mol. The Labute approximate surface area is 190 Å². The zero-order chi connectivity index (χ0) is 22.4. The lowest BCUT2D eigenvalue weighted by molar-refractivity contribution is -0.143. The number of ether oxygens (including phenoxy) is 1. The minimum Gasteiger partial charge on any atom is -0.466 e.